The predicted octanol–water partition coefficient (Wildman–Crippen LogP) is 2.10. The van der Waals surface area contributed by atoms with E-state index in [2.05, 4.69) is 28.1 Å². The van der Waals surface area contributed by atoms with E-state index < -0.39 is 0 Å². The van der Waals surface area contributed by atoms with Gasteiger partial charge < -0.3 is 5.11 Å². The Balaban J connectivity index is 2.04. The second-order valence-electron chi connectivity index (χ2n) is 3.64. The zero-order chi connectivity index (χ0) is 7.84. The van der Waals surface area contributed by atoms with E-state index in [-0.39, 0.29) is 6.10 Å². The highest BCUT2D eigenvalue weighted by Crippen LogP contribution is 2.40. The summed E-state index contributed by atoms with van der Waals surface area (Å²) in [5.74, 6) is 1.47. The molecular weight excluding hydrogens is 204 g/mol. The third kappa shape index (κ3) is 1.38. The summed E-state index contributed by atoms with van der Waals surface area (Å²) < 4.78 is 0. The van der Waals surface area contributed by atoms with Crippen LogP contribution in [0.1, 0.15) is 19.3 Å². The first-order chi connectivity index (χ1) is 5.27. The molecule has 0 aromatic rings. The summed E-state index contributed by atoms with van der Waals surface area (Å²) >= 11 is 3.51. The van der Waals surface area contributed by atoms with Gasteiger partial charge in [-0.25, -0.2) is 0 Å². The van der Waals surface area contributed by atoms with E-state index in [1.54, 1.807) is 0 Å². The largest absolute Gasteiger partial charge is 0.392 e. The van der Waals surface area contributed by atoms with E-state index in [1.165, 1.54) is 6.42 Å². The molecule has 0 radical (unpaired) electrons. The summed E-state index contributed by atoms with van der Waals surface area (Å²) in [6.45, 7) is 0. The molecule has 0 aromatic carbocycles. The van der Waals surface area contributed by atoms with E-state index in [9.17, 15) is 5.11 Å². The topological polar surface area (TPSA) is 20.2 Å². The first-order valence-corrected chi connectivity index (χ1v) is 5.17. The van der Waals surface area contributed by atoms with Crippen molar-refractivity contribution in [2.24, 2.45) is 11.8 Å². The number of allylic oxidation sites excluding steroid dienone is 2. The van der Waals surface area contributed by atoms with Crippen LogP contribution < -0.4 is 0 Å². The average Bonchev–Trinajstić information content (AvgIpc) is 2.36. The standard InChI is InChI=1S/C9H13BrO/c10-8-4-6-2-1-3-7(6)5-9(8)11/h1-2,6-9,11H,3-5H2/t6-,7+,8?,9?/m0/s1. The maximum Gasteiger partial charge on any atom is 0.0668 e. The Bertz CT molecular complexity index is 178. The van der Waals surface area contributed by atoms with Gasteiger partial charge in [0.2, 0.25) is 0 Å². The molecule has 4 atom stereocenters. The predicted molar refractivity (Wildman–Crippen MR) is 48.7 cm³/mol. The molecule has 0 spiro atoms. The second-order valence-corrected chi connectivity index (χ2v) is 4.82. The second kappa shape index (κ2) is 2.91. The highest BCUT2D eigenvalue weighted by atomic mass is 79.9. The number of aliphatic hydroxyl groups excluding tert-OH is 1. The number of fused-ring (bicyclic) bond motifs is 1. The molecule has 2 aliphatic carbocycles. The van der Waals surface area contributed by atoms with Crippen LogP contribution in [0.15, 0.2) is 12.2 Å². The van der Waals surface area contributed by atoms with Crippen molar-refractivity contribution in [1.82, 2.24) is 0 Å². The number of hydrogen-bond acceptors (Lipinski definition) is 1. The smallest absolute Gasteiger partial charge is 0.0668 e. The van der Waals surface area contributed by atoms with Gasteiger partial charge in [0.1, 0.15) is 0 Å². The molecule has 0 aromatic heterocycles. The molecule has 2 heteroatoms. The van der Waals surface area contributed by atoms with Crippen molar-refractivity contribution in [2.75, 3.05) is 0 Å². The Morgan fingerprint density at radius 1 is 1.36 bits per heavy atom. The average molecular weight is 217 g/mol. The molecule has 11 heavy (non-hydrogen) atoms. The Morgan fingerprint density at radius 2 is 2.18 bits per heavy atom. The van der Waals surface area contributed by atoms with Crippen LogP contribution in [0.25, 0.3) is 0 Å². The number of hydrogen-bond donors (Lipinski definition) is 1. The molecule has 1 fully saturated rings. The van der Waals surface area contributed by atoms with Crippen LogP contribution in [0.3, 0.4) is 0 Å². The zero-order valence-electron chi connectivity index (χ0n) is 6.41. The molecule has 2 rings (SSSR count). The minimum absolute atomic E-state index is 0.115. The lowest BCUT2D eigenvalue weighted by atomic mass is 9.80. The highest BCUT2D eigenvalue weighted by Gasteiger charge is 2.34. The monoisotopic (exact) mass is 216 g/mol. The van der Waals surface area contributed by atoms with Crippen LogP contribution in [-0.4, -0.2) is 16.0 Å². The highest BCUT2D eigenvalue weighted by molar-refractivity contribution is 9.09. The fourth-order valence-electron chi connectivity index (χ4n) is 2.18. The van der Waals surface area contributed by atoms with Crippen molar-refractivity contribution in [2.45, 2.75) is 30.2 Å². The summed E-state index contributed by atoms with van der Waals surface area (Å²) in [6.07, 6.45) is 7.73. The van der Waals surface area contributed by atoms with Gasteiger partial charge in [-0.05, 0) is 31.1 Å². The van der Waals surface area contributed by atoms with E-state index in [0.29, 0.717) is 4.83 Å². The van der Waals surface area contributed by atoms with Gasteiger partial charge in [-0.15, -0.1) is 0 Å². The molecule has 1 saturated carbocycles. The number of rotatable bonds is 0. The fourth-order valence-corrected chi connectivity index (χ4v) is 2.82. The van der Waals surface area contributed by atoms with E-state index in [1.807, 2.05) is 0 Å². The zero-order valence-corrected chi connectivity index (χ0v) is 8.00. The van der Waals surface area contributed by atoms with Crippen LogP contribution in [0.5, 0.6) is 0 Å². The van der Waals surface area contributed by atoms with Gasteiger partial charge in [0.05, 0.1) is 6.10 Å². The van der Waals surface area contributed by atoms with Crippen molar-refractivity contribution in [3.8, 4) is 0 Å². The van der Waals surface area contributed by atoms with Crippen molar-refractivity contribution >= 4 is 15.9 Å². The van der Waals surface area contributed by atoms with Crippen molar-refractivity contribution in [3.05, 3.63) is 12.2 Å². The lowest BCUT2D eigenvalue weighted by molar-refractivity contribution is 0.0958. The summed E-state index contributed by atoms with van der Waals surface area (Å²) in [5.41, 5.74) is 0. The molecular formula is C9H13BrO. The van der Waals surface area contributed by atoms with Crippen LogP contribution in [-0.2, 0) is 0 Å². The SMILES string of the molecule is OC1C[C@H]2CC=C[C@H]2CC1Br. The summed E-state index contributed by atoms with van der Waals surface area (Å²) in [6, 6.07) is 0. The van der Waals surface area contributed by atoms with Gasteiger partial charge in [-0.1, -0.05) is 28.1 Å². The van der Waals surface area contributed by atoms with Crippen LogP contribution in [0.2, 0.25) is 0 Å². The van der Waals surface area contributed by atoms with Crippen LogP contribution in [0.4, 0.5) is 0 Å². The Kier molecular flexibility index (Phi) is 2.06. The third-order valence-electron chi connectivity index (χ3n) is 2.89. The summed E-state index contributed by atoms with van der Waals surface area (Å²) in [4.78, 5) is 0.325. The van der Waals surface area contributed by atoms with Crippen molar-refractivity contribution in [3.63, 3.8) is 0 Å². The van der Waals surface area contributed by atoms with Gasteiger partial charge in [0, 0.05) is 4.83 Å². The fraction of sp³-hybridized carbons (Fsp3) is 0.778. The van der Waals surface area contributed by atoms with Crippen molar-refractivity contribution in [1.29, 1.82) is 0 Å². The van der Waals surface area contributed by atoms with Gasteiger partial charge in [0.25, 0.3) is 0 Å². The van der Waals surface area contributed by atoms with Gasteiger partial charge >= 0.3 is 0 Å². The lowest BCUT2D eigenvalue weighted by Gasteiger charge is -2.32. The molecule has 62 valence electrons. The van der Waals surface area contributed by atoms with Crippen LogP contribution >= 0.6 is 15.9 Å². The molecule has 2 aliphatic rings. The van der Waals surface area contributed by atoms with Gasteiger partial charge in [0.15, 0.2) is 0 Å². The quantitative estimate of drug-likeness (QED) is 0.486. The summed E-state index contributed by atoms with van der Waals surface area (Å²) in [5, 5.41) is 9.55. The maximum atomic E-state index is 9.55. The van der Waals surface area contributed by atoms with Gasteiger partial charge in [-0.2, -0.15) is 0 Å². The Labute approximate surface area is 75.6 Å². The number of alkyl halides is 1. The van der Waals surface area contributed by atoms with Crippen molar-refractivity contribution < 1.29 is 5.11 Å². The molecule has 0 heterocycles. The van der Waals surface area contributed by atoms with E-state index in [0.717, 1.165) is 24.7 Å². The normalized spacial score (nSPS) is 49.3. The first-order valence-electron chi connectivity index (χ1n) is 4.26. The molecule has 2 unspecified atom stereocenters. The van der Waals surface area contributed by atoms with E-state index >= 15 is 0 Å². The lowest BCUT2D eigenvalue weighted by Crippen LogP contribution is -2.33. The third-order valence-corrected chi connectivity index (χ3v) is 3.87. The molecule has 0 aliphatic heterocycles. The molecule has 0 bridgehead atoms. The van der Waals surface area contributed by atoms with Gasteiger partial charge in [-0.3, -0.25) is 0 Å². The number of halogens is 1. The Hall–Kier alpha value is 0.180. The first kappa shape index (κ1) is 7.81. The maximum absolute atomic E-state index is 9.55. The minimum atomic E-state index is -0.115. The molecule has 1 N–H and O–H groups in total. The van der Waals surface area contributed by atoms with E-state index in [4.69, 9.17) is 0 Å². The van der Waals surface area contributed by atoms with Crippen LogP contribution in [0, 0.1) is 11.8 Å². The summed E-state index contributed by atoms with van der Waals surface area (Å²) in [7, 11) is 0. The molecule has 0 amide bonds. The minimum Gasteiger partial charge on any atom is -0.392 e. The molecule has 1 nitrogen and oxygen atoms in total. The molecule has 0 saturated heterocycles. The number of aliphatic hydroxyl groups is 1. The Morgan fingerprint density at radius 3 is 3.00 bits per heavy atom.